The van der Waals surface area contributed by atoms with Crippen molar-refractivity contribution in [2.24, 2.45) is 17.6 Å². The van der Waals surface area contributed by atoms with Gasteiger partial charge in [-0.1, -0.05) is 44.2 Å². The summed E-state index contributed by atoms with van der Waals surface area (Å²) in [5.41, 5.74) is 6.41. The number of ether oxygens (including phenoxy) is 4. The largest absolute Gasteiger partial charge is 0.458 e. The predicted octanol–water partition coefficient (Wildman–Crippen LogP) is 3.07. The molecule has 0 aromatic heterocycles. The molecule has 2 rings (SSSR count). The number of allylic oxidation sites excluding steroid dienone is 4. The lowest BCUT2D eigenvalue weighted by molar-refractivity contribution is -0.161. The number of likely N-dealkylation sites (N-methyl/N-ethyl adjacent to an activating group) is 1. The number of amides is 2. The molecule has 49 heavy (non-hydrogen) atoms. The maximum Gasteiger partial charge on any atom is 0.405 e. The van der Waals surface area contributed by atoms with Crippen LogP contribution in [0.1, 0.15) is 40.5 Å². The third-order valence-corrected chi connectivity index (χ3v) is 7.89. The van der Waals surface area contributed by atoms with E-state index in [9.17, 15) is 24.0 Å². The average molecular weight is 707 g/mol. The van der Waals surface area contributed by atoms with Crippen LogP contribution in [0, 0.1) is 11.8 Å². The lowest BCUT2D eigenvalue weighted by Crippen LogP contribution is -2.41. The first-order valence-corrected chi connectivity index (χ1v) is 15.7. The number of ketones is 2. The van der Waals surface area contributed by atoms with Crippen molar-refractivity contribution in [3.05, 3.63) is 71.1 Å². The van der Waals surface area contributed by atoms with Crippen LogP contribution in [0.3, 0.4) is 0 Å². The number of carbonyl (C=O) groups is 5. The summed E-state index contributed by atoms with van der Waals surface area (Å²) in [5, 5.41) is 5.56. The van der Waals surface area contributed by atoms with Crippen LogP contribution in [-0.2, 0) is 38.1 Å². The number of rotatable bonds is 9. The van der Waals surface area contributed by atoms with Crippen molar-refractivity contribution in [2.45, 2.75) is 65.0 Å². The third kappa shape index (κ3) is 12.7. The molecule has 2 amide bonds. The lowest BCUT2D eigenvalue weighted by atomic mass is 9.85. The standard InChI is InChI=1S/C35H50N4O9.ClH/c1-10-14-37-30-24-15-20(2)16-28(46-9)33(47-29(41)19-39(6)7)23(5)17-22(4)32(48-35(36)44)27(45-8)13-11-12-21(3)34(43)38-25(31(24)42)18-26(30)40;/h10-13,17-18,20,23,27-28,32-33,37H,1,14-16,19H2,2-9H3,(H2,36,44)(H,38,43);1H/b13-11-,21-12+,22-17+;/t20-,23+,27+,28+,32+,33-;/m1./s1. The van der Waals surface area contributed by atoms with Gasteiger partial charge in [0.2, 0.25) is 11.6 Å². The van der Waals surface area contributed by atoms with Crippen LogP contribution in [0.2, 0.25) is 0 Å². The third-order valence-electron chi connectivity index (χ3n) is 7.89. The van der Waals surface area contributed by atoms with Gasteiger partial charge in [-0.3, -0.25) is 24.1 Å². The van der Waals surface area contributed by atoms with Gasteiger partial charge in [-0.25, -0.2) is 4.79 Å². The van der Waals surface area contributed by atoms with Crippen LogP contribution in [-0.4, -0.2) is 100 Å². The van der Waals surface area contributed by atoms with Gasteiger partial charge >= 0.3 is 12.1 Å². The highest BCUT2D eigenvalue weighted by Crippen LogP contribution is 2.30. The van der Waals surface area contributed by atoms with E-state index in [2.05, 4.69) is 17.2 Å². The number of halogens is 1. The van der Waals surface area contributed by atoms with Gasteiger partial charge in [-0.15, -0.1) is 19.0 Å². The first kappa shape index (κ1) is 43.0. The van der Waals surface area contributed by atoms with Crippen molar-refractivity contribution in [2.75, 3.05) is 41.4 Å². The van der Waals surface area contributed by atoms with Gasteiger partial charge in [0.1, 0.15) is 12.2 Å². The molecule has 2 aliphatic rings. The normalized spacial score (nSPS) is 28.5. The molecule has 2 bridgehead atoms. The molecule has 1 aliphatic carbocycles. The molecule has 0 saturated carbocycles. The minimum absolute atomic E-state index is 0. The van der Waals surface area contributed by atoms with E-state index in [1.54, 1.807) is 57.1 Å². The quantitative estimate of drug-likeness (QED) is 0.183. The first-order chi connectivity index (χ1) is 22.6. The summed E-state index contributed by atoms with van der Waals surface area (Å²) in [6.45, 7) is 11.0. The van der Waals surface area contributed by atoms with Gasteiger partial charge in [0.05, 0.1) is 24.0 Å². The number of nitrogens with zero attached hydrogens (tertiary/aromatic N) is 1. The van der Waals surface area contributed by atoms with Crippen LogP contribution < -0.4 is 16.4 Å². The fourth-order valence-electron chi connectivity index (χ4n) is 5.57. The van der Waals surface area contributed by atoms with E-state index in [4.69, 9.17) is 24.7 Å². The lowest BCUT2D eigenvalue weighted by Gasteiger charge is -2.33. The molecule has 0 unspecified atom stereocenters. The Balaban J connectivity index is 0.0000120. The Hall–Kier alpha value is -4.04. The SMILES string of the molecule is C=CCNC1=C2C[C@@H](C)C[C@H](OC)[C@H](OC(=O)CN(C)C)[C@@H](C)/C=C(\C)[C@H](OC(N)=O)[C@@H](OC)/C=C\C=C(/C)C(=O)NC(=CC1=O)C2=O.Cl. The van der Waals surface area contributed by atoms with Crippen LogP contribution in [0.15, 0.2) is 71.1 Å². The number of Topliss-reactive ketones (excluding diaryl/α,β-unsaturated/α-hetero) is 1. The zero-order valence-electron chi connectivity index (χ0n) is 29.6. The van der Waals surface area contributed by atoms with Gasteiger partial charge in [0, 0.05) is 43.9 Å². The number of hydrogen-bond donors (Lipinski definition) is 3. The van der Waals surface area contributed by atoms with Gasteiger partial charge in [0.25, 0.3) is 5.91 Å². The van der Waals surface area contributed by atoms with Crippen molar-refractivity contribution in [1.82, 2.24) is 15.5 Å². The van der Waals surface area contributed by atoms with Crippen molar-refractivity contribution >= 4 is 41.9 Å². The van der Waals surface area contributed by atoms with Crippen LogP contribution >= 0.6 is 12.4 Å². The molecular formula is C35H51ClN4O9. The monoisotopic (exact) mass is 706 g/mol. The molecule has 0 spiro atoms. The van der Waals surface area contributed by atoms with E-state index >= 15 is 0 Å². The summed E-state index contributed by atoms with van der Waals surface area (Å²) < 4.78 is 23.0. The van der Waals surface area contributed by atoms with Gasteiger partial charge < -0.3 is 35.3 Å². The summed E-state index contributed by atoms with van der Waals surface area (Å²) in [6.07, 6.45) is 5.32. The number of esters is 1. The van der Waals surface area contributed by atoms with Crippen molar-refractivity contribution in [1.29, 1.82) is 0 Å². The van der Waals surface area contributed by atoms with Gasteiger partial charge in [-0.05, 0) is 52.3 Å². The molecule has 1 heterocycles. The summed E-state index contributed by atoms with van der Waals surface area (Å²) in [4.78, 5) is 66.7. The van der Waals surface area contributed by atoms with Gasteiger partial charge in [-0.2, -0.15) is 0 Å². The second-order valence-electron chi connectivity index (χ2n) is 12.3. The molecular weight excluding hydrogens is 656 g/mol. The second kappa shape index (κ2) is 20.5. The zero-order chi connectivity index (χ0) is 36.1. The summed E-state index contributed by atoms with van der Waals surface area (Å²) in [6, 6.07) is 0. The van der Waals surface area contributed by atoms with Crippen molar-refractivity contribution < 1.29 is 42.9 Å². The number of fused-ring (bicyclic) bond motifs is 2. The molecule has 0 aromatic carbocycles. The highest BCUT2D eigenvalue weighted by molar-refractivity contribution is 6.23. The zero-order valence-corrected chi connectivity index (χ0v) is 30.4. The molecule has 6 atom stereocenters. The van der Waals surface area contributed by atoms with Crippen LogP contribution in [0.4, 0.5) is 4.79 Å². The van der Waals surface area contributed by atoms with E-state index in [0.29, 0.717) is 12.0 Å². The number of nitrogens with one attached hydrogen (secondary N) is 2. The maximum absolute atomic E-state index is 13.8. The Morgan fingerprint density at radius 3 is 2.37 bits per heavy atom. The fraction of sp³-hybridized carbons (Fsp3) is 0.514. The molecule has 13 nitrogen and oxygen atoms in total. The average Bonchev–Trinajstić information content (AvgIpc) is 3.00. The van der Waals surface area contributed by atoms with E-state index in [1.165, 1.54) is 20.3 Å². The first-order valence-electron chi connectivity index (χ1n) is 15.7. The summed E-state index contributed by atoms with van der Waals surface area (Å²) in [5.74, 6) is -2.75. The Kier molecular flexibility index (Phi) is 18.0. The maximum atomic E-state index is 13.8. The summed E-state index contributed by atoms with van der Waals surface area (Å²) in [7, 11) is 6.43. The Morgan fingerprint density at radius 2 is 1.80 bits per heavy atom. The molecule has 4 N–H and O–H groups in total. The number of primary amides is 1. The highest BCUT2D eigenvalue weighted by Gasteiger charge is 2.35. The molecule has 0 fully saturated rings. The molecule has 0 saturated heterocycles. The Labute approximate surface area is 295 Å². The molecule has 272 valence electrons. The second-order valence-corrected chi connectivity index (χ2v) is 12.3. The van der Waals surface area contributed by atoms with E-state index in [-0.39, 0.29) is 60.4 Å². The minimum Gasteiger partial charge on any atom is -0.458 e. The molecule has 14 heteroatoms. The number of nitrogens with two attached hydrogens (primary N) is 1. The predicted molar refractivity (Wildman–Crippen MR) is 187 cm³/mol. The Bertz CT molecular complexity index is 1400. The highest BCUT2D eigenvalue weighted by atomic mass is 35.5. The number of hydrogen-bond acceptors (Lipinski definition) is 11. The van der Waals surface area contributed by atoms with Crippen molar-refractivity contribution in [3.63, 3.8) is 0 Å². The molecule has 1 aliphatic heterocycles. The van der Waals surface area contributed by atoms with Crippen LogP contribution in [0.25, 0.3) is 0 Å². The Morgan fingerprint density at radius 1 is 1.12 bits per heavy atom. The van der Waals surface area contributed by atoms with Crippen molar-refractivity contribution in [3.8, 4) is 0 Å². The van der Waals surface area contributed by atoms with Crippen LogP contribution in [0.5, 0.6) is 0 Å². The minimum atomic E-state index is -1.02. The van der Waals surface area contributed by atoms with Gasteiger partial charge in [0.15, 0.2) is 6.10 Å². The summed E-state index contributed by atoms with van der Waals surface area (Å²) >= 11 is 0. The smallest absolute Gasteiger partial charge is 0.405 e. The number of methoxy groups -OCH3 is 2. The van der Waals surface area contributed by atoms with E-state index in [0.717, 1.165) is 6.08 Å². The molecule has 0 radical (unpaired) electrons. The van der Waals surface area contributed by atoms with E-state index in [1.807, 2.05) is 13.8 Å². The number of carbonyl (C=O) groups excluding carboxylic acids is 5. The molecule has 0 aromatic rings. The van der Waals surface area contributed by atoms with E-state index < -0.39 is 59.9 Å². The fourth-order valence-corrected chi connectivity index (χ4v) is 5.57. The topological polar surface area (TPSA) is 176 Å².